The van der Waals surface area contributed by atoms with Crippen LogP contribution in [0.5, 0.6) is 5.75 Å². The van der Waals surface area contributed by atoms with Crippen LogP contribution in [0.4, 0.5) is 0 Å². The van der Waals surface area contributed by atoms with Crippen molar-refractivity contribution in [3.8, 4) is 5.75 Å². The monoisotopic (exact) mass is 190 g/mol. The summed E-state index contributed by atoms with van der Waals surface area (Å²) >= 11 is 0. The third-order valence-electron chi connectivity index (χ3n) is 2.37. The van der Waals surface area contributed by atoms with E-state index < -0.39 is 0 Å². The zero-order valence-corrected chi connectivity index (χ0v) is 8.28. The number of rotatable bonds is 3. The molecular formula is C10H15BN2O. The van der Waals surface area contributed by atoms with E-state index in [2.05, 4.69) is 10.1 Å². The van der Waals surface area contributed by atoms with Gasteiger partial charge in [0.1, 0.15) is 0 Å². The molecular weight excluding hydrogens is 175 g/mol. The van der Waals surface area contributed by atoms with Crippen molar-refractivity contribution < 1.29 is 4.65 Å². The van der Waals surface area contributed by atoms with Gasteiger partial charge in [-0.05, 0) is 12.1 Å². The molecule has 0 aromatic heterocycles. The van der Waals surface area contributed by atoms with E-state index in [0.29, 0.717) is 7.62 Å². The van der Waals surface area contributed by atoms with E-state index in [1.807, 2.05) is 30.3 Å². The molecule has 1 aliphatic rings. The summed E-state index contributed by atoms with van der Waals surface area (Å²) in [6, 6.07) is 9.96. The smallest absolute Gasteiger partial charge is 0.430 e. The molecule has 1 aliphatic heterocycles. The first kappa shape index (κ1) is 9.56. The van der Waals surface area contributed by atoms with Crippen LogP contribution < -0.4 is 9.97 Å². The molecule has 0 aliphatic carbocycles. The van der Waals surface area contributed by atoms with Gasteiger partial charge in [0, 0.05) is 26.2 Å². The molecule has 0 unspecified atom stereocenters. The third kappa shape index (κ3) is 2.75. The Kier molecular flexibility index (Phi) is 3.43. The van der Waals surface area contributed by atoms with Crippen LogP contribution in [0.15, 0.2) is 30.3 Å². The number of hydrogen-bond acceptors (Lipinski definition) is 3. The first-order valence-electron chi connectivity index (χ1n) is 5.06. The molecule has 0 atom stereocenters. The first-order chi connectivity index (χ1) is 6.95. The Labute approximate surface area is 85.4 Å². The molecule has 4 heteroatoms. The molecule has 14 heavy (non-hydrogen) atoms. The van der Waals surface area contributed by atoms with E-state index in [-0.39, 0.29) is 0 Å². The van der Waals surface area contributed by atoms with Crippen molar-refractivity contribution in [1.82, 2.24) is 10.1 Å². The summed E-state index contributed by atoms with van der Waals surface area (Å²) in [5, 5.41) is 3.32. The lowest BCUT2D eigenvalue weighted by Gasteiger charge is -2.25. The zero-order valence-electron chi connectivity index (χ0n) is 8.28. The highest BCUT2D eigenvalue weighted by Gasteiger charge is 2.11. The van der Waals surface area contributed by atoms with Gasteiger partial charge in [0.15, 0.2) is 0 Å². The van der Waals surface area contributed by atoms with Crippen molar-refractivity contribution in [2.45, 2.75) is 0 Å². The molecule has 0 radical (unpaired) electrons. The second-order valence-electron chi connectivity index (χ2n) is 3.45. The average molecular weight is 190 g/mol. The molecule has 1 N–H and O–H groups in total. The standard InChI is InChI=1S/C10H15BN2O/c1-2-4-10(5-3-1)14-11-13-8-6-12-7-9-13/h1-5,11-12H,6-9H2. The minimum Gasteiger partial charge on any atom is -0.548 e. The van der Waals surface area contributed by atoms with Gasteiger partial charge in [-0.25, -0.2) is 0 Å². The maximum Gasteiger partial charge on any atom is 0.430 e. The molecule has 1 heterocycles. The van der Waals surface area contributed by atoms with E-state index in [4.69, 9.17) is 4.65 Å². The minimum atomic E-state index is 0.700. The van der Waals surface area contributed by atoms with Crippen LogP contribution >= 0.6 is 0 Å². The molecule has 2 rings (SSSR count). The Hall–Kier alpha value is -0.995. The number of benzene rings is 1. The number of piperazine rings is 1. The van der Waals surface area contributed by atoms with E-state index in [0.717, 1.165) is 31.9 Å². The molecule has 1 aromatic rings. The molecule has 0 amide bonds. The van der Waals surface area contributed by atoms with Crippen molar-refractivity contribution >= 4 is 7.62 Å². The lowest BCUT2D eigenvalue weighted by molar-refractivity contribution is 0.342. The van der Waals surface area contributed by atoms with Crippen LogP contribution in [0.1, 0.15) is 0 Å². The largest absolute Gasteiger partial charge is 0.548 e. The Morgan fingerprint density at radius 3 is 2.57 bits per heavy atom. The Bertz CT molecular complexity index is 262. The molecule has 3 nitrogen and oxygen atoms in total. The van der Waals surface area contributed by atoms with Gasteiger partial charge in [0.25, 0.3) is 0 Å². The summed E-state index contributed by atoms with van der Waals surface area (Å²) in [4.78, 5) is 2.31. The quantitative estimate of drug-likeness (QED) is 0.691. The van der Waals surface area contributed by atoms with Gasteiger partial charge in [-0.3, -0.25) is 0 Å². The lowest BCUT2D eigenvalue weighted by Crippen LogP contribution is -2.46. The highest BCUT2D eigenvalue weighted by Crippen LogP contribution is 2.07. The zero-order chi connectivity index (χ0) is 9.64. The molecule has 0 saturated carbocycles. The van der Waals surface area contributed by atoms with Crippen LogP contribution in [0.25, 0.3) is 0 Å². The maximum absolute atomic E-state index is 5.64. The number of nitrogens with zero attached hydrogens (tertiary/aromatic N) is 1. The summed E-state index contributed by atoms with van der Waals surface area (Å²) in [6.45, 7) is 4.29. The Morgan fingerprint density at radius 1 is 1.14 bits per heavy atom. The number of para-hydroxylation sites is 1. The van der Waals surface area contributed by atoms with Crippen molar-refractivity contribution in [3.05, 3.63) is 30.3 Å². The van der Waals surface area contributed by atoms with Gasteiger partial charge in [-0.15, -0.1) is 0 Å². The Morgan fingerprint density at radius 2 is 1.86 bits per heavy atom. The summed E-state index contributed by atoms with van der Waals surface area (Å²) in [5.41, 5.74) is 0. The molecule has 0 bridgehead atoms. The maximum atomic E-state index is 5.64. The average Bonchev–Trinajstić information content (AvgIpc) is 2.29. The summed E-state index contributed by atoms with van der Waals surface area (Å²) in [6.07, 6.45) is 0. The minimum absolute atomic E-state index is 0.700. The van der Waals surface area contributed by atoms with Crippen LogP contribution in [-0.2, 0) is 0 Å². The van der Waals surface area contributed by atoms with Crippen LogP contribution in [-0.4, -0.2) is 38.6 Å². The van der Waals surface area contributed by atoms with Gasteiger partial charge in [-0.2, -0.15) is 0 Å². The summed E-state index contributed by atoms with van der Waals surface area (Å²) in [5.74, 6) is 0.950. The second kappa shape index (κ2) is 5.03. The first-order valence-corrected chi connectivity index (χ1v) is 5.06. The number of hydrogen-bond donors (Lipinski definition) is 1. The van der Waals surface area contributed by atoms with E-state index in [9.17, 15) is 0 Å². The fourth-order valence-electron chi connectivity index (χ4n) is 1.52. The molecule has 1 aromatic carbocycles. The molecule has 1 saturated heterocycles. The van der Waals surface area contributed by atoms with Gasteiger partial charge >= 0.3 is 7.62 Å². The highest BCUT2D eigenvalue weighted by molar-refractivity contribution is 6.24. The highest BCUT2D eigenvalue weighted by atomic mass is 16.4. The molecule has 1 fully saturated rings. The summed E-state index contributed by atoms with van der Waals surface area (Å²) in [7, 11) is 0.700. The van der Waals surface area contributed by atoms with Crippen molar-refractivity contribution in [2.24, 2.45) is 0 Å². The Balaban J connectivity index is 1.76. The fourth-order valence-corrected chi connectivity index (χ4v) is 1.52. The van der Waals surface area contributed by atoms with Crippen molar-refractivity contribution in [2.75, 3.05) is 26.2 Å². The van der Waals surface area contributed by atoms with E-state index in [1.54, 1.807) is 0 Å². The SMILES string of the molecule is B(Oc1ccccc1)N1CCNCC1. The lowest BCUT2D eigenvalue weighted by atomic mass is 10.1. The fraction of sp³-hybridized carbons (Fsp3) is 0.400. The van der Waals surface area contributed by atoms with E-state index in [1.165, 1.54) is 0 Å². The normalized spacial score (nSPS) is 17.7. The topological polar surface area (TPSA) is 24.5 Å². The number of nitrogens with one attached hydrogen (secondary N) is 1. The third-order valence-corrected chi connectivity index (χ3v) is 2.37. The predicted molar refractivity (Wildman–Crippen MR) is 58.7 cm³/mol. The molecule has 0 spiro atoms. The van der Waals surface area contributed by atoms with Gasteiger partial charge in [0.05, 0.1) is 5.75 Å². The van der Waals surface area contributed by atoms with Gasteiger partial charge < -0.3 is 14.8 Å². The van der Waals surface area contributed by atoms with Crippen molar-refractivity contribution in [1.29, 1.82) is 0 Å². The second-order valence-corrected chi connectivity index (χ2v) is 3.45. The van der Waals surface area contributed by atoms with Gasteiger partial charge in [-0.1, -0.05) is 18.2 Å². The predicted octanol–water partition coefficient (Wildman–Crippen LogP) is 0.237. The van der Waals surface area contributed by atoms with Crippen LogP contribution in [0.3, 0.4) is 0 Å². The van der Waals surface area contributed by atoms with E-state index >= 15 is 0 Å². The van der Waals surface area contributed by atoms with Crippen LogP contribution in [0.2, 0.25) is 0 Å². The van der Waals surface area contributed by atoms with Crippen molar-refractivity contribution in [3.63, 3.8) is 0 Å². The van der Waals surface area contributed by atoms with Crippen LogP contribution in [0, 0.1) is 0 Å². The molecule has 74 valence electrons. The van der Waals surface area contributed by atoms with Gasteiger partial charge in [0.2, 0.25) is 0 Å². The summed E-state index contributed by atoms with van der Waals surface area (Å²) < 4.78 is 5.64.